The lowest BCUT2D eigenvalue weighted by Gasteiger charge is -2.36. The lowest BCUT2D eigenvalue weighted by Crippen LogP contribution is -2.60. The monoisotopic (exact) mass is 603 g/mol. The molecule has 0 spiro atoms. The summed E-state index contributed by atoms with van der Waals surface area (Å²) >= 11 is 1.59. The lowest BCUT2D eigenvalue weighted by molar-refractivity contribution is -0.144. The van der Waals surface area contributed by atoms with Gasteiger partial charge in [-0.05, 0) is 53.5 Å². The lowest BCUT2D eigenvalue weighted by atomic mass is 9.85. The van der Waals surface area contributed by atoms with Crippen molar-refractivity contribution in [3.63, 3.8) is 0 Å². The Balaban J connectivity index is 1.24. The SMILES string of the molecule is Cc1cccc2c1CC(C(=O)N[C@@H](C(=O)N1C[C@H](O)C[C@H]1C(=O)NCc1ccc(-c3scnc3C)cc1)C(C)(C)C)NC2. The number of aliphatic hydroxyl groups excluding tert-OH is 1. The number of benzene rings is 2. The number of thiazole rings is 1. The number of carbonyl (C=O) groups excluding carboxylic acids is 3. The minimum atomic E-state index is -0.872. The number of nitrogens with zero attached hydrogens (tertiary/aromatic N) is 2. The zero-order valence-corrected chi connectivity index (χ0v) is 26.3. The highest BCUT2D eigenvalue weighted by molar-refractivity contribution is 7.13. The zero-order valence-electron chi connectivity index (χ0n) is 25.4. The van der Waals surface area contributed by atoms with Gasteiger partial charge in [0.2, 0.25) is 17.7 Å². The first-order valence-corrected chi connectivity index (χ1v) is 15.7. The van der Waals surface area contributed by atoms with Gasteiger partial charge in [-0.1, -0.05) is 63.2 Å². The molecule has 9 nitrogen and oxygen atoms in total. The number of likely N-dealkylation sites (tertiary alicyclic amines) is 1. The molecule has 2 aliphatic rings. The first-order valence-electron chi connectivity index (χ1n) is 14.8. The number of fused-ring (bicyclic) bond motifs is 1. The van der Waals surface area contributed by atoms with Crippen LogP contribution in [0.2, 0.25) is 0 Å². The van der Waals surface area contributed by atoms with Crippen molar-refractivity contribution < 1.29 is 19.5 Å². The maximum atomic E-state index is 14.0. The van der Waals surface area contributed by atoms with Crippen LogP contribution in [0.4, 0.5) is 0 Å². The van der Waals surface area contributed by atoms with E-state index in [2.05, 4.69) is 27.0 Å². The molecule has 3 amide bonds. The summed E-state index contributed by atoms with van der Waals surface area (Å²) in [5, 5.41) is 19.8. The second-order valence-electron chi connectivity index (χ2n) is 12.7. The van der Waals surface area contributed by atoms with Crippen LogP contribution in [0.1, 0.15) is 55.1 Å². The van der Waals surface area contributed by atoms with Crippen molar-refractivity contribution in [2.75, 3.05) is 6.54 Å². The van der Waals surface area contributed by atoms with Crippen molar-refractivity contribution >= 4 is 29.1 Å². The van der Waals surface area contributed by atoms with Gasteiger partial charge in [0, 0.05) is 26.1 Å². The first kappa shape index (κ1) is 30.8. The van der Waals surface area contributed by atoms with Crippen molar-refractivity contribution in [1.82, 2.24) is 25.8 Å². The number of carbonyl (C=O) groups is 3. The van der Waals surface area contributed by atoms with Crippen LogP contribution in [0, 0.1) is 19.3 Å². The summed E-state index contributed by atoms with van der Waals surface area (Å²) in [7, 11) is 0. The van der Waals surface area contributed by atoms with Gasteiger partial charge in [-0.15, -0.1) is 11.3 Å². The van der Waals surface area contributed by atoms with E-state index in [1.165, 1.54) is 10.5 Å². The van der Waals surface area contributed by atoms with Gasteiger partial charge in [-0.25, -0.2) is 4.98 Å². The molecule has 2 aliphatic heterocycles. The molecule has 1 saturated heterocycles. The van der Waals surface area contributed by atoms with E-state index in [-0.39, 0.29) is 30.7 Å². The number of β-amino-alcohol motifs (C(OH)–C–C–N with tert-alkyl or cyclic N) is 1. The summed E-state index contributed by atoms with van der Waals surface area (Å²) in [6.07, 6.45) is -0.138. The van der Waals surface area contributed by atoms with Crippen LogP contribution >= 0.6 is 11.3 Å². The van der Waals surface area contributed by atoms with Gasteiger partial charge in [0.15, 0.2) is 0 Å². The van der Waals surface area contributed by atoms with E-state index in [0.717, 1.165) is 32.8 Å². The molecule has 10 heteroatoms. The molecule has 228 valence electrons. The standard InChI is InChI=1S/C33H41N5O4S/c1-19-7-6-8-23-16-34-26(14-25(19)23)30(40)37-29(33(3,4)5)32(42)38-17-24(39)13-27(38)31(41)35-15-21-9-11-22(12-10-21)28-20(2)36-18-43-28/h6-12,18,24,26-27,29,34,39H,13-17H2,1-5H3,(H,35,41)(H,37,40)/t24-,26?,27+,29+/m1/s1. The maximum absolute atomic E-state index is 14.0. The van der Waals surface area contributed by atoms with Crippen LogP contribution in [0.5, 0.6) is 0 Å². The fourth-order valence-electron chi connectivity index (χ4n) is 5.94. The van der Waals surface area contributed by atoms with Gasteiger partial charge in [0.05, 0.1) is 28.2 Å². The van der Waals surface area contributed by atoms with Gasteiger partial charge >= 0.3 is 0 Å². The Kier molecular flexibility index (Phi) is 9.01. The summed E-state index contributed by atoms with van der Waals surface area (Å²) in [5.74, 6) is -0.943. The third-order valence-corrected chi connectivity index (χ3v) is 9.44. The molecule has 0 radical (unpaired) electrons. The minimum absolute atomic E-state index is 0.0382. The zero-order chi connectivity index (χ0) is 30.9. The highest BCUT2D eigenvalue weighted by atomic mass is 32.1. The third kappa shape index (κ3) is 6.82. The molecule has 43 heavy (non-hydrogen) atoms. The normalized spacial score (nSPS) is 20.8. The summed E-state index contributed by atoms with van der Waals surface area (Å²) in [6.45, 7) is 10.6. The number of aliphatic hydroxyl groups is 1. The first-order chi connectivity index (χ1) is 20.4. The van der Waals surface area contributed by atoms with Crippen molar-refractivity contribution in [3.05, 3.63) is 75.9 Å². The van der Waals surface area contributed by atoms with Gasteiger partial charge in [-0.3, -0.25) is 14.4 Å². The molecule has 3 aromatic rings. The smallest absolute Gasteiger partial charge is 0.246 e. The second kappa shape index (κ2) is 12.6. The molecular weight excluding hydrogens is 562 g/mol. The van der Waals surface area contributed by atoms with Crippen molar-refractivity contribution in [2.24, 2.45) is 5.41 Å². The molecule has 4 N–H and O–H groups in total. The van der Waals surface area contributed by atoms with E-state index in [0.29, 0.717) is 19.5 Å². The predicted octanol–water partition coefficient (Wildman–Crippen LogP) is 3.25. The van der Waals surface area contributed by atoms with E-state index < -0.39 is 29.6 Å². The summed E-state index contributed by atoms with van der Waals surface area (Å²) < 4.78 is 0. The van der Waals surface area contributed by atoms with Crippen molar-refractivity contribution in [2.45, 2.75) is 84.8 Å². The summed E-state index contributed by atoms with van der Waals surface area (Å²) in [6, 6.07) is 11.9. The van der Waals surface area contributed by atoms with E-state index in [9.17, 15) is 19.5 Å². The number of amides is 3. The fourth-order valence-corrected chi connectivity index (χ4v) is 6.75. The van der Waals surface area contributed by atoms with E-state index >= 15 is 0 Å². The largest absolute Gasteiger partial charge is 0.391 e. The Hall–Kier alpha value is -3.60. The molecule has 1 fully saturated rings. The molecule has 0 bridgehead atoms. The molecular formula is C33H41N5O4S. The molecule has 3 heterocycles. The third-order valence-electron chi connectivity index (χ3n) is 8.46. The average molecular weight is 604 g/mol. The van der Waals surface area contributed by atoms with Crippen LogP contribution < -0.4 is 16.0 Å². The molecule has 1 aromatic heterocycles. The molecule has 4 atom stereocenters. The van der Waals surface area contributed by atoms with Crippen molar-refractivity contribution in [3.8, 4) is 10.4 Å². The van der Waals surface area contributed by atoms with Gasteiger partial charge < -0.3 is 26.0 Å². The number of rotatable bonds is 7. The molecule has 0 aliphatic carbocycles. The quantitative estimate of drug-likeness (QED) is 0.329. The van der Waals surface area contributed by atoms with Crippen LogP contribution in [-0.4, -0.2) is 63.5 Å². The van der Waals surface area contributed by atoms with Gasteiger partial charge in [-0.2, -0.15) is 0 Å². The second-order valence-corrected chi connectivity index (χ2v) is 13.6. The molecule has 2 aromatic carbocycles. The van der Waals surface area contributed by atoms with E-state index in [4.69, 9.17) is 0 Å². The molecule has 0 saturated carbocycles. The number of nitrogens with one attached hydrogen (secondary N) is 3. The number of aromatic nitrogens is 1. The molecule has 5 rings (SSSR count). The Morgan fingerprint density at radius 2 is 1.86 bits per heavy atom. The highest BCUT2D eigenvalue weighted by Gasteiger charge is 2.45. The number of hydrogen-bond donors (Lipinski definition) is 4. The van der Waals surface area contributed by atoms with Crippen LogP contribution in [-0.2, 0) is 33.9 Å². The predicted molar refractivity (Wildman–Crippen MR) is 167 cm³/mol. The Labute approximate surface area is 257 Å². The van der Waals surface area contributed by atoms with Crippen LogP contribution in [0.15, 0.2) is 48.0 Å². The number of hydrogen-bond acceptors (Lipinski definition) is 7. The summed E-state index contributed by atoms with van der Waals surface area (Å²) in [5.41, 5.74) is 7.66. The minimum Gasteiger partial charge on any atom is -0.391 e. The topological polar surface area (TPSA) is 124 Å². The highest BCUT2D eigenvalue weighted by Crippen LogP contribution is 2.29. The summed E-state index contributed by atoms with van der Waals surface area (Å²) in [4.78, 5) is 47.6. The maximum Gasteiger partial charge on any atom is 0.246 e. The molecule has 1 unspecified atom stereocenters. The Bertz CT molecular complexity index is 1500. The number of aryl methyl sites for hydroxylation is 2. The van der Waals surface area contributed by atoms with E-state index in [1.807, 2.05) is 76.5 Å². The Morgan fingerprint density at radius 1 is 1.12 bits per heavy atom. The Morgan fingerprint density at radius 3 is 2.53 bits per heavy atom. The van der Waals surface area contributed by atoms with Crippen LogP contribution in [0.25, 0.3) is 10.4 Å². The van der Waals surface area contributed by atoms with Crippen molar-refractivity contribution in [1.29, 1.82) is 0 Å². The van der Waals surface area contributed by atoms with Crippen LogP contribution in [0.3, 0.4) is 0 Å². The van der Waals surface area contributed by atoms with Gasteiger partial charge in [0.25, 0.3) is 0 Å². The van der Waals surface area contributed by atoms with Gasteiger partial charge in [0.1, 0.15) is 12.1 Å². The fraction of sp³-hybridized carbons (Fsp3) is 0.455. The average Bonchev–Trinajstić information content (AvgIpc) is 3.59. The van der Waals surface area contributed by atoms with E-state index in [1.54, 1.807) is 11.3 Å².